The number of aryl methyl sites for hydroxylation is 1. The number of hydrogen-bond acceptors (Lipinski definition) is 5. The third-order valence-electron chi connectivity index (χ3n) is 4.29. The third kappa shape index (κ3) is 5.32. The van der Waals surface area contributed by atoms with E-state index < -0.39 is 5.91 Å². The summed E-state index contributed by atoms with van der Waals surface area (Å²) in [5.74, 6) is 0.803. The van der Waals surface area contributed by atoms with Crippen molar-refractivity contribution in [2.24, 2.45) is 0 Å². The maximum Gasteiger partial charge on any atom is 0.250 e. The number of rotatable bonds is 4. The number of thiocarbonyl (C=S) groups is 1. The van der Waals surface area contributed by atoms with Crippen molar-refractivity contribution in [3.63, 3.8) is 0 Å². The lowest BCUT2D eigenvalue weighted by atomic mass is 10.1. The van der Waals surface area contributed by atoms with Crippen LogP contribution in [0, 0.1) is 6.92 Å². The fraction of sp³-hybridized carbons (Fsp3) is 0.0455. The number of hydrogen-bond donors (Lipinski definition) is 2. The number of thiazole rings is 1. The fourth-order valence-electron chi connectivity index (χ4n) is 2.74. The van der Waals surface area contributed by atoms with Gasteiger partial charge in [0.2, 0.25) is 5.91 Å². The highest BCUT2D eigenvalue weighted by Gasteiger charge is 2.09. The van der Waals surface area contributed by atoms with Gasteiger partial charge in [-0.25, -0.2) is 4.98 Å². The minimum absolute atomic E-state index is 0.147. The predicted octanol–water partition coefficient (Wildman–Crippen LogP) is 6.70. The minimum atomic E-state index is -0.391. The first-order chi connectivity index (χ1) is 14.9. The zero-order valence-electron chi connectivity index (χ0n) is 16.1. The summed E-state index contributed by atoms with van der Waals surface area (Å²) in [5, 5.41) is 7.51. The fourth-order valence-corrected chi connectivity index (χ4v) is 4.32. The van der Waals surface area contributed by atoms with Gasteiger partial charge in [-0.15, -0.1) is 0 Å². The Balaban J connectivity index is 1.36. The van der Waals surface area contributed by atoms with Gasteiger partial charge >= 0.3 is 0 Å². The first-order valence-corrected chi connectivity index (χ1v) is 11.1. The summed E-state index contributed by atoms with van der Waals surface area (Å²) in [6.45, 7) is 1.94. The first kappa shape index (κ1) is 21.5. The molecule has 156 valence electrons. The van der Waals surface area contributed by atoms with E-state index in [1.807, 2.05) is 43.3 Å². The molecule has 0 unspecified atom stereocenters. The zero-order valence-corrected chi connectivity index (χ0v) is 19.3. The Morgan fingerprint density at radius 2 is 2.00 bits per heavy atom. The molecule has 0 saturated carbocycles. The Bertz CT molecular complexity index is 1330. The molecule has 2 aromatic heterocycles. The lowest BCUT2D eigenvalue weighted by molar-refractivity contribution is -0.115. The molecule has 2 heterocycles. The van der Waals surface area contributed by atoms with Gasteiger partial charge in [0.05, 0.1) is 10.2 Å². The molecule has 0 radical (unpaired) electrons. The molecule has 2 N–H and O–H groups in total. The number of amides is 1. The van der Waals surface area contributed by atoms with Crippen LogP contribution in [0.3, 0.4) is 0 Å². The quantitative estimate of drug-likeness (QED) is 0.247. The maximum atomic E-state index is 12.2. The SMILES string of the molecule is Cc1ccc(-c2ccc(/C=C/C(=O)NC(=S)Nc3nc4ccc(Cl)cc4s3)o2)cc1Cl. The van der Waals surface area contributed by atoms with Crippen molar-refractivity contribution < 1.29 is 9.21 Å². The summed E-state index contributed by atoms with van der Waals surface area (Å²) in [4.78, 5) is 16.6. The van der Waals surface area contributed by atoms with Crippen LogP contribution in [0.4, 0.5) is 5.13 Å². The van der Waals surface area contributed by atoms with Gasteiger partial charge in [-0.05, 0) is 67.2 Å². The number of anilines is 1. The number of fused-ring (bicyclic) bond motifs is 1. The molecule has 0 saturated heterocycles. The number of aromatic nitrogens is 1. The van der Waals surface area contributed by atoms with E-state index in [4.69, 9.17) is 39.8 Å². The summed E-state index contributed by atoms with van der Waals surface area (Å²) in [6, 6.07) is 14.7. The van der Waals surface area contributed by atoms with Crippen molar-refractivity contribution in [1.29, 1.82) is 0 Å². The number of carbonyl (C=O) groups is 1. The van der Waals surface area contributed by atoms with E-state index in [-0.39, 0.29) is 5.11 Å². The third-order valence-corrected chi connectivity index (χ3v) is 6.07. The standard InChI is InChI=1S/C22H15Cl2N3O2S2/c1-12-2-3-13(10-16(12)24)18-8-5-15(29-18)6-9-20(28)26-21(30)27-22-25-17-7-4-14(23)11-19(17)31-22/h2-11H,1H3,(H2,25,26,27,28,30)/b9-6+. The van der Waals surface area contributed by atoms with E-state index in [9.17, 15) is 4.79 Å². The normalized spacial score (nSPS) is 11.2. The molecule has 0 bridgehead atoms. The highest BCUT2D eigenvalue weighted by atomic mass is 35.5. The largest absolute Gasteiger partial charge is 0.457 e. The van der Waals surface area contributed by atoms with Crippen LogP contribution in [0.1, 0.15) is 11.3 Å². The lowest BCUT2D eigenvalue weighted by Gasteiger charge is -2.04. The van der Waals surface area contributed by atoms with Crippen LogP contribution in [0.15, 0.2) is 59.0 Å². The van der Waals surface area contributed by atoms with Gasteiger partial charge in [0, 0.05) is 21.7 Å². The number of furan rings is 1. The molecule has 0 spiro atoms. The molecule has 0 aliphatic rings. The Morgan fingerprint density at radius 3 is 2.81 bits per heavy atom. The van der Waals surface area contributed by atoms with Gasteiger partial charge < -0.3 is 9.73 Å². The average molecular weight is 488 g/mol. The number of benzene rings is 2. The molecule has 2 aromatic carbocycles. The van der Waals surface area contributed by atoms with Gasteiger partial charge in [0.25, 0.3) is 0 Å². The summed E-state index contributed by atoms with van der Waals surface area (Å²) in [5.41, 5.74) is 2.66. The number of nitrogens with one attached hydrogen (secondary N) is 2. The highest BCUT2D eigenvalue weighted by Crippen LogP contribution is 2.29. The van der Waals surface area contributed by atoms with E-state index in [1.54, 1.807) is 18.2 Å². The van der Waals surface area contributed by atoms with Crippen LogP contribution >= 0.6 is 46.8 Å². The van der Waals surface area contributed by atoms with Gasteiger partial charge in [0.15, 0.2) is 10.2 Å². The van der Waals surface area contributed by atoms with Crippen LogP contribution in [-0.2, 0) is 4.79 Å². The molecule has 4 aromatic rings. The van der Waals surface area contributed by atoms with Crippen LogP contribution < -0.4 is 10.6 Å². The van der Waals surface area contributed by atoms with Gasteiger partial charge in [0.1, 0.15) is 11.5 Å². The second-order valence-electron chi connectivity index (χ2n) is 6.57. The molecular weight excluding hydrogens is 473 g/mol. The van der Waals surface area contributed by atoms with Crippen molar-refractivity contribution in [2.45, 2.75) is 6.92 Å². The summed E-state index contributed by atoms with van der Waals surface area (Å²) >= 11 is 18.7. The number of halogens is 2. The molecule has 4 rings (SSSR count). The Kier molecular flexibility index (Phi) is 6.38. The molecule has 0 fully saturated rings. The second-order valence-corrected chi connectivity index (χ2v) is 8.86. The Labute approximate surface area is 197 Å². The van der Waals surface area contributed by atoms with E-state index in [2.05, 4.69) is 15.6 Å². The highest BCUT2D eigenvalue weighted by molar-refractivity contribution is 7.80. The lowest BCUT2D eigenvalue weighted by Crippen LogP contribution is -2.32. The maximum absolute atomic E-state index is 12.2. The molecule has 9 heteroatoms. The van der Waals surface area contributed by atoms with E-state index in [0.29, 0.717) is 26.7 Å². The second kappa shape index (κ2) is 9.20. The minimum Gasteiger partial charge on any atom is -0.457 e. The van der Waals surface area contributed by atoms with E-state index in [1.165, 1.54) is 17.4 Å². The summed E-state index contributed by atoms with van der Waals surface area (Å²) < 4.78 is 6.69. The molecule has 0 aliphatic heterocycles. The van der Waals surface area contributed by atoms with Gasteiger partial charge in [-0.2, -0.15) is 0 Å². The monoisotopic (exact) mass is 487 g/mol. The molecular formula is C22H15Cl2N3O2S2. The molecule has 1 amide bonds. The van der Waals surface area contributed by atoms with Gasteiger partial charge in [-0.1, -0.05) is 46.7 Å². The number of nitrogens with zero attached hydrogens (tertiary/aromatic N) is 1. The zero-order chi connectivity index (χ0) is 22.0. The van der Waals surface area contributed by atoms with E-state index in [0.717, 1.165) is 21.3 Å². The van der Waals surface area contributed by atoms with Crippen LogP contribution in [0.25, 0.3) is 27.6 Å². The molecule has 0 atom stereocenters. The van der Waals surface area contributed by atoms with Crippen molar-refractivity contribution in [3.8, 4) is 11.3 Å². The first-order valence-electron chi connectivity index (χ1n) is 9.10. The van der Waals surface area contributed by atoms with Crippen LogP contribution in [-0.4, -0.2) is 16.0 Å². The molecule has 0 aliphatic carbocycles. The Morgan fingerprint density at radius 1 is 1.16 bits per heavy atom. The van der Waals surface area contributed by atoms with Crippen molar-refractivity contribution >= 4 is 79.2 Å². The topological polar surface area (TPSA) is 67.2 Å². The van der Waals surface area contributed by atoms with Crippen molar-refractivity contribution in [2.75, 3.05) is 5.32 Å². The van der Waals surface area contributed by atoms with E-state index >= 15 is 0 Å². The number of carbonyl (C=O) groups excluding carboxylic acids is 1. The van der Waals surface area contributed by atoms with Crippen LogP contribution in [0.5, 0.6) is 0 Å². The van der Waals surface area contributed by atoms with Crippen molar-refractivity contribution in [1.82, 2.24) is 10.3 Å². The smallest absolute Gasteiger partial charge is 0.250 e. The molecule has 31 heavy (non-hydrogen) atoms. The summed E-state index contributed by atoms with van der Waals surface area (Å²) in [7, 11) is 0. The average Bonchev–Trinajstić information content (AvgIpc) is 3.34. The molecule has 5 nitrogen and oxygen atoms in total. The Hall–Kier alpha value is -2.71. The van der Waals surface area contributed by atoms with Gasteiger partial charge in [-0.3, -0.25) is 10.1 Å². The van der Waals surface area contributed by atoms with Crippen molar-refractivity contribution in [3.05, 3.63) is 76.0 Å². The predicted molar refractivity (Wildman–Crippen MR) is 132 cm³/mol. The van der Waals surface area contributed by atoms with Crippen LogP contribution in [0.2, 0.25) is 10.0 Å². The summed E-state index contributed by atoms with van der Waals surface area (Å²) in [6.07, 6.45) is 2.91.